The molecular weight excluding hydrogens is 282 g/mol. The zero-order valence-corrected chi connectivity index (χ0v) is 14.3. The van der Waals surface area contributed by atoms with Crippen molar-refractivity contribution >= 4 is 0 Å². The van der Waals surface area contributed by atoms with E-state index in [1.807, 2.05) is 32.5 Å². The van der Waals surface area contributed by atoms with Gasteiger partial charge in [-0.05, 0) is 34.1 Å². The standard InChI is InChI=1S/C16H29N3O3/c1-10(2)22-9-13(20)8-17-14-6-7-21-16(14)15-11(3)18-19(5)12(15)4/h10,13-14,16-17,20H,6-9H2,1-5H3/t13?,14-,16-/m0/s1. The third-order valence-corrected chi connectivity index (χ3v) is 4.18. The van der Waals surface area contributed by atoms with Crippen molar-refractivity contribution in [3.05, 3.63) is 17.0 Å². The first-order chi connectivity index (χ1) is 10.4. The second-order valence-corrected chi connectivity index (χ2v) is 6.34. The molecule has 126 valence electrons. The SMILES string of the molecule is Cc1nn(C)c(C)c1[C@H]1OCC[C@@H]1NCC(O)COC(C)C. The minimum atomic E-state index is -0.500. The molecule has 0 saturated carbocycles. The Bertz CT molecular complexity index is 487. The molecule has 0 spiro atoms. The van der Waals surface area contributed by atoms with Crippen LogP contribution in [0.5, 0.6) is 0 Å². The van der Waals surface area contributed by atoms with Gasteiger partial charge >= 0.3 is 0 Å². The van der Waals surface area contributed by atoms with E-state index in [0.29, 0.717) is 13.2 Å². The number of nitrogens with zero attached hydrogens (tertiary/aromatic N) is 2. The van der Waals surface area contributed by atoms with Crippen LogP contribution in [0.4, 0.5) is 0 Å². The van der Waals surface area contributed by atoms with Gasteiger partial charge < -0.3 is 19.9 Å². The van der Waals surface area contributed by atoms with Crippen LogP contribution in [0.25, 0.3) is 0 Å². The van der Waals surface area contributed by atoms with Gasteiger partial charge in [-0.1, -0.05) is 0 Å². The number of rotatable bonds is 7. The molecule has 0 aromatic carbocycles. The van der Waals surface area contributed by atoms with Crippen molar-refractivity contribution < 1.29 is 14.6 Å². The Balaban J connectivity index is 1.93. The molecule has 1 saturated heterocycles. The molecule has 1 aromatic heterocycles. The molecular formula is C16H29N3O3. The largest absolute Gasteiger partial charge is 0.389 e. The summed E-state index contributed by atoms with van der Waals surface area (Å²) in [6, 6.07) is 0.204. The molecule has 1 aliphatic rings. The highest BCUT2D eigenvalue weighted by atomic mass is 16.5. The third kappa shape index (κ3) is 4.07. The molecule has 2 rings (SSSR count). The van der Waals surface area contributed by atoms with Gasteiger partial charge in [0.25, 0.3) is 0 Å². The number of nitrogens with one attached hydrogen (secondary N) is 1. The summed E-state index contributed by atoms with van der Waals surface area (Å²) in [5.41, 5.74) is 3.33. The molecule has 1 fully saturated rings. The van der Waals surface area contributed by atoms with Gasteiger partial charge in [-0.25, -0.2) is 0 Å². The highest BCUT2D eigenvalue weighted by Crippen LogP contribution is 2.33. The number of aliphatic hydroxyl groups is 1. The lowest BCUT2D eigenvalue weighted by molar-refractivity contribution is 0.00401. The van der Waals surface area contributed by atoms with Crippen LogP contribution < -0.4 is 5.32 Å². The maximum atomic E-state index is 9.98. The number of ether oxygens (including phenoxy) is 2. The highest BCUT2D eigenvalue weighted by molar-refractivity contribution is 5.29. The fourth-order valence-electron chi connectivity index (χ4n) is 2.93. The summed E-state index contributed by atoms with van der Waals surface area (Å²) in [5.74, 6) is 0. The first-order valence-corrected chi connectivity index (χ1v) is 8.05. The van der Waals surface area contributed by atoms with Gasteiger partial charge in [0, 0.05) is 37.5 Å². The fraction of sp³-hybridized carbons (Fsp3) is 0.812. The number of hydrogen-bond acceptors (Lipinski definition) is 5. The van der Waals surface area contributed by atoms with Gasteiger partial charge in [0.2, 0.25) is 0 Å². The summed E-state index contributed by atoms with van der Waals surface area (Å²) in [6.45, 7) is 9.62. The molecule has 0 bridgehead atoms. The monoisotopic (exact) mass is 311 g/mol. The molecule has 6 nitrogen and oxygen atoms in total. The molecule has 22 heavy (non-hydrogen) atoms. The molecule has 0 radical (unpaired) electrons. The molecule has 0 aliphatic carbocycles. The van der Waals surface area contributed by atoms with Crippen LogP contribution in [0.1, 0.15) is 43.3 Å². The van der Waals surface area contributed by atoms with Gasteiger partial charge in [-0.3, -0.25) is 4.68 Å². The van der Waals surface area contributed by atoms with E-state index >= 15 is 0 Å². The normalized spacial score (nSPS) is 23.4. The van der Waals surface area contributed by atoms with E-state index in [9.17, 15) is 5.11 Å². The Morgan fingerprint density at radius 3 is 2.77 bits per heavy atom. The third-order valence-electron chi connectivity index (χ3n) is 4.18. The van der Waals surface area contributed by atoms with Crippen LogP contribution in [0, 0.1) is 13.8 Å². The van der Waals surface area contributed by atoms with Crippen molar-refractivity contribution in [3.8, 4) is 0 Å². The fourth-order valence-corrected chi connectivity index (χ4v) is 2.93. The number of aryl methyl sites for hydroxylation is 2. The molecule has 0 amide bonds. The minimum absolute atomic E-state index is 0.00640. The smallest absolute Gasteiger partial charge is 0.101 e. The van der Waals surface area contributed by atoms with Crippen molar-refractivity contribution in [3.63, 3.8) is 0 Å². The molecule has 2 N–H and O–H groups in total. The van der Waals surface area contributed by atoms with Gasteiger partial charge in [-0.15, -0.1) is 0 Å². The van der Waals surface area contributed by atoms with Gasteiger partial charge in [-0.2, -0.15) is 5.10 Å². The van der Waals surface area contributed by atoms with E-state index in [4.69, 9.17) is 9.47 Å². The van der Waals surface area contributed by atoms with Gasteiger partial charge in [0.05, 0.1) is 24.5 Å². The van der Waals surface area contributed by atoms with Crippen molar-refractivity contribution in [2.24, 2.45) is 7.05 Å². The second kappa shape index (κ2) is 7.55. The maximum Gasteiger partial charge on any atom is 0.101 e. The van der Waals surface area contributed by atoms with Crippen LogP contribution in [0.3, 0.4) is 0 Å². The van der Waals surface area contributed by atoms with Gasteiger partial charge in [0.15, 0.2) is 0 Å². The number of hydrogen-bond donors (Lipinski definition) is 2. The average Bonchev–Trinajstić information content (AvgIpc) is 2.99. The Kier molecular flexibility index (Phi) is 5.97. The Morgan fingerprint density at radius 2 is 2.18 bits per heavy atom. The van der Waals surface area contributed by atoms with E-state index in [1.165, 1.54) is 5.56 Å². The minimum Gasteiger partial charge on any atom is -0.389 e. The van der Waals surface area contributed by atoms with Gasteiger partial charge in [0.1, 0.15) is 6.10 Å². The van der Waals surface area contributed by atoms with Crippen LogP contribution in [0.2, 0.25) is 0 Å². The summed E-state index contributed by atoms with van der Waals surface area (Å²) in [5, 5.41) is 17.9. The van der Waals surface area contributed by atoms with E-state index in [-0.39, 0.29) is 18.2 Å². The lowest BCUT2D eigenvalue weighted by Gasteiger charge is -2.22. The summed E-state index contributed by atoms with van der Waals surface area (Å²) < 4.78 is 13.3. The molecule has 3 atom stereocenters. The summed E-state index contributed by atoms with van der Waals surface area (Å²) in [7, 11) is 1.95. The average molecular weight is 311 g/mol. The molecule has 2 heterocycles. The quantitative estimate of drug-likeness (QED) is 0.793. The topological polar surface area (TPSA) is 68.5 Å². The van der Waals surface area contributed by atoms with E-state index in [1.54, 1.807) is 0 Å². The van der Waals surface area contributed by atoms with Crippen molar-refractivity contribution in [2.75, 3.05) is 19.8 Å². The molecule has 1 aliphatic heterocycles. The van der Waals surface area contributed by atoms with E-state index < -0.39 is 6.10 Å². The van der Waals surface area contributed by atoms with Crippen molar-refractivity contribution in [1.82, 2.24) is 15.1 Å². The van der Waals surface area contributed by atoms with E-state index in [2.05, 4.69) is 17.3 Å². The Labute approximate surface area is 132 Å². The predicted molar refractivity (Wildman–Crippen MR) is 84.9 cm³/mol. The van der Waals surface area contributed by atoms with Crippen molar-refractivity contribution in [1.29, 1.82) is 0 Å². The lowest BCUT2D eigenvalue weighted by atomic mass is 10.00. The maximum absolute atomic E-state index is 9.98. The Hall–Kier alpha value is -0.950. The molecule has 1 unspecified atom stereocenters. The first-order valence-electron chi connectivity index (χ1n) is 8.05. The summed E-state index contributed by atoms with van der Waals surface area (Å²) in [6.07, 6.45) is 0.584. The second-order valence-electron chi connectivity index (χ2n) is 6.34. The zero-order valence-electron chi connectivity index (χ0n) is 14.3. The first kappa shape index (κ1) is 17.4. The van der Waals surface area contributed by atoms with Crippen LogP contribution >= 0.6 is 0 Å². The van der Waals surface area contributed by atoms with E-state index in [0.717, 1.165) is 24.4 Å². The number of aromatic nitrogens is 2. The Morgan fingerprint density at radius 1 is 1.45 bits per heavy atom. The van der Waals surface area contributed by atoms with Crippen LogP contribution in [-0.2, 0) is 16.5 Å². The summed E-state index contributed by atoms with van der Waals surface area (Å²) in [4.78, 5) is 0. The summed E-state index contributed by atoms with van der Waals surface area (Å²) >= 11 is 0. The lowest BCUT2D eigenvalue weighted by Crippen LogP contribution is -2.39. The zero-order chi connectivity index (χ0) is 16.3. The van der Waals surface area contributed by atoms with Crippen LogP contribution in [0.15, 0.2) is 0 Å². The number of aliphatic hydroxyl groups excluding tert-OH is 1. The highest BCUT2D eigenvalue weighted by Gasteiger charge is 2.33. The molecule has 6 heteroatoms. The van der Waals surface area contributed by atoms with Crippen LogP contribution in [-0.4, -0.2) is 52.9 Å². The molecule has 1 aromatic rings. The predicted octanol–water partition coefficient (Wildman–Crippen LogP) is 1.24. The van der Waals surface area contributed by atoms with Crippen molar-refractivity contribution in [2.45, 2.75) is 58.5 Å².